The number of halogens is 2. The van der Waals surface area contributed by atoms with E-state index >= 15 is 0 Å². The lowest BCUT2D eigenvalue weighted by molar-refractivity contribution is -0.136. The van der Waals surface area contributed by atoms with Gasteiger partial charge in [0, 0.05) is 16.8 Å². The van der Waals surface area contributed by atoms with Crippen LogP contribution in [-0.2, 0) is 24.4 Å². The Morgan fingerprint density at radius 1 is 1.28 bits per heavy atom. The van der Waals surface area contributed by atoms with Crippen molar-refractivity contribution in [1.29, 1.82) is 0 Å². The SMILES string of the molecule is Cc1cc(Cl)ccc1Cn1nc(CCC(=O)O)c2ccc(CF)cc21. The van der Waals surface area contributed by atoms with E-state index in [1.807, 2.05) is 35.9 Å². The standard InChI is InChI=1S/C19H18ClFN2O2/c1-12-8-15(20)4-3-14(12)11-23-18-9-13(10-21)2-5-16(18)17(22-23)6-7-19(24)25/h2-5,8-9H,6-7,10-11H2,1H3,(H,24,25). The summed E-state index contributed by atoms with van der Waals surface area (Å²) in [5.74, 6) is -0.864. The maximum absolute atomic E-state index is 13.1. The van der Waals surface area contributed by atoms with Gasteiger partial charge in [-0.15, -0.1) is 0 Å². The molecule has 0 radical (unpaired) electrons. The third-order valence-electron chi connectivity index (χ3n) is 4.25. The van der Waals surface area contributed by atoms with Crippen molar-refractivity contribution in [3.8, 4) is 0 Å². The number of nitrogens with zero attached hydrogens (tertiary/aromatic N) is 2. The van der Waals surface area contributed by atoms with Gasteiger partial charge >= 0.3 is 5.97 Å². The van der Waals surface area contributed by atoms with Gasteiger partial charge in [0.05, 0.1) is 24.2 Å². The Bertz CT molecular complexity index is 937. The second-order valence-corrected chi connectivity index (χ2v) is 6.49. The number of hydrogen-bond donors (Lipinski definition) is 1. The van der Waals surface area contributed by atoms with Crippen LogP contribution in [0.5, 0.6) is 0 Å². The number of aromatic nitrogens is 2. The molecule has 3 aromatic rings. The molecule has 130 valence electrons. The zero-order valence-electron chi connectivity index (χ0n) is 13.8. The molecular weight excluding hydrogens is 343 g/mol. The molecule has 25 heavy (non-hydrogen) atoms. The zero-order valence-corrected chi connectivity index (χ0v) is 14.6. The molecule has 0 saturated carbocycles. The van der Waals surface area contributed by atoms with E-state index in [2.05, 4.69) is 5.10 Å². The average Bonchev–Trinajstić information content (AvgIpc) is 2.92. The topological polar surface area (TPSA) is 55.1 Å². The summed E-state index contributed by atoms with van der Waals surface area (Å²) in [5, 5.41) is 15.1. The molecule has 2 aromatic carbocycles. The van der Waals surface area contributed by atoms with E-state index in [1.165, 1.54) is 0 Å². The number of fused-ring (bicyclic) bond motifs is 1. The fraction of sp³-hybridized carbons (Fsp3) is 0.263. The minimum absolute atomic E-state index is 0.0109. The van der Waals surface area contributed by atoms with Gasteiger partial charge < -0.3 is 5.11 Å². The number of rotatable bonds is 6. The number of aliphatic carboxylic acids is 1. The number of benzene rings is 2. The molecule has 0 aliphatic heterocycles. The summed E-state index contributed by atoms with van der Waals surface area (Å²) in [6.07, 6.45) is 0.352. The van der Waals surface area contributed by atoms with Crippen LogP contribution in [0, 0.1) is 6.92 Å². The lowest BCUT2D eigenvalue weighted by Gasteiger charge is -2.08. The van der Waals surface area contributed by atoms with Crippen molar-refractivity contribution in [2.45, 2.75) is 33.0 Å². The quantitative estimate of drug-likeness (QED) is 0.702. The van der Waals surface area contributed by atoms with Crippen LogP contribution < -0.4 is 0 Å². The molecule has 0 saturated heterocycles. The van der Waals surface area contributed by atoms with Crippen molar-refractivity contribution in [3.63, 3.8) is 0 Å². The molecule has 1 N–H and O–H groups in total. The molecular formula is C19H18ClFN2O2. The van der Waals surface area contributed by atoms with E-state index in [9.17, 15) is 9.18 Å². The van der Waals surface area contributed by atoms with Gasteiger partial charge in [-0.1, -0.05) is 29.8 Å². The summed E-state index contributed by atoms with van der Waals surface area (Å²) in [4.78, 5) is 10.9. The van der Waals surface area contributed by atoms with E-state index in [4.69, 9.17) is 16.7 Å². The molecule has 3 rings (SSSR count). The molecule has 0 spiro atoms. The minimum Gasteiger partial charge on any atom is -0.481 e. The maximum atomic E-state index is 13.1. The minimum atomic E-state index is -0.864. The van der Waals surface area contributed by atoms with E-state index in [-0.39, 0.29) is 6.42 Å². The highest BCUT2D eigenvalue weighted by atomic mass is 35.5. The first-order valence-electron chi connectivity index (χ1n) is 7.99. The van der Waals surface area contributed by atoms with Gasteiger partial charge in [0.2, 0.25) is 0 Å². The summed E-state index contributed by atoms with van der Waals surface area (Å²) in [7, 11) is 0. The zero-order chi connectivity index (χ0) is 18.0. The molecule has 0 fully saturated rings. The summed E-state index contributed by atoms with van der Waals surface area (Å²) >= 11 is 6.01. The monoisotopic (exact) mass is 360 g/mol. The van der Waals surface area contributed by atoms with Crippen molar-refractivity contribution in [2.24, 2.45) is 0 Å². The van der Waals surface area contributed by atoms with E-state index in [1.54, 1.807) is 12.1 Å². The van der Waals surface area contributed by atoms with Crippen molar-refractivity contribution < 1.29 is 14.3 Å². The Morgan fingerprint density at radius 2 is 2.08 bits per heavy atom. The van der Waals surface area contributed by atoms with Crippen molar-refractivity contribution in [1.82, 2.24) is 9.78 Å². The van der Waals surface area contributed by atoms with Gasteiger partial charge in [-0.05, 0) is 41.8 Å². The van der Waals surface area contributed by atoms with E-state index in [0.717, 1.165) is 27.7 Å². The van der Waals surface area contributed by atoms with Crippen LogP contribution >= 0.6 is 11.6 Å². The van der Waals surface area contributed by atoms with Crippen LogP contribution in [0.25, 0.3) is 10.9 Å². The Hall–Kier alpha value is -2.40. The van der Waals surface area contributed by atoms with E-state index < -0.39 is 12.6 Å². The number of alkyl halides is 1. The first kappa shape index (κ1) is 17.4. The van der Waals surface area contributed by atoms with Crippen LogP contribution in [-0.4, -0.2) is 20.9 Å². The fourth-order valence-corrected chi connectivity index (χ4v) is 3.13. The first-order valence-corrected chi connectivity index (χ1v) is 8.37. The molecule has 0 amide bonds. The van der Waals surface area contributed by atoms with Crippen molar-refractivity contribution in [3.05, 3.63) is 63.8 Å². The number of carboxylic acids is 1. The largest absolute Gasteiger partial charge is 0.481 e. The maximum Gasteiger partial charge on any atom is 0.303 e. The predicted molar refractivity (Wildman–Crippen MR) is 95.8 cm³/mol. The molecule has 0 atom stereocenters. The predicted octanol–water partition coefficient (Wildman–Crippen LogP) is 4.53. The number of carboxylic acid groups (broad SMARTS) is 1. The molecule has 1 heterocycles. The van der Waals surface area contributed by atoms with Crippen LogP contribution in [0.3, 0.4) is 0 Å². The number of hydrogen-bond acceptors (Lipinski definition) is 2. The third kappa shape index (κ3) is 3.82. The molecule has 0 aliphatic carbocycles. The van der Waals surface area contributed by atoms with Crippen LogP contribution in [0.1, 0.15) is 28.8 Å². The van der Waals surface area contributed by atoms with Crippen LogP contribution in [0.15, 0.2) is 36.4 Å². The number of aryl methyl sites for hydroxylation is 2. The normalized spacial score (nSPS) is 11.2. The molecule has 0 aliphatic rings. The summed E-state index contributed by atoms with van der Waals surface area (Å²) in [6.45, 7) is 1.94. The number of carbonyl (C=O) groups is 1. The Kier molecular flexibility index (Phi) is 5.04. The lowest BCUT2D eigenvalue weighted by Crippen LogP contribution is -2.05. The Balaban J connectivity index is 2.04. The van der Waals surface area contributed by atoms with Gasteiger partial charge in [-0.2, -0.15) is 5.10 Å². The van der Waals surface area contributed by atoms with Gasteiger partial charge in [0.15, 0.2) is 0 Å². The Labute approximate surface area is 149 Å². The molecule has 0 unspecified atom stereocenters. The molecule has 1 aromatic heterocycles. The van der Waals surface area contributed by atoms with Crippen molar-refractivity contribution >= 4 is 28.5 Å². The second kappa shape index (κ2) is 7.23. The lowest BCUT2D eigenvalue weighted by atomic mass is 10.1. The summed E-state index contributed by atoms with van der Waals surface area (Å²) in [6, 6.07) is 11.0. The van der Waals surface area contributed by atoms with Crippen LogP contribution in [0.2, 0.25) is 5.02 Å². The highest BCUT2D eigenvalue weighted by Crippen LogP contribution is 2.24. The molecule has 4 nitrogen and oxygen atoms in total. The highest BCUT2D eigenvalue weighted by molar-refractivity contribution is 6.30. The first-order chi connectivity index (χ1) is 12.0. The smallest absolute Gasteiger partial charge is 0.303 e. The third-order valence-corrected chi connectivity index (χ3v) is 4.48. The fourth-order valence-electron chi connectivity index (χ4n) is 2.90. The Morgan fingerprint density at radius 3 is 2.76 bits per heavy atom. The van der Waals surface area contributed by atoms with Gasteiger partial charge in [-0.3, -0.25) is 9.48 Å². The average molecular weight is 361 g/mol. The molecule has 6 heteroatoms. The van der Waals surface area contributed by atoms with Crippen molar-refractivity contribution in [2.75, 3.05) is 0 Å². The summed E-state index contributed by atoms with van der Waals surface area (Å²) in [5.41, 5.74) is 4.21. The molecule has 0 bridgehead atoms. The summed E-state index contributed by atoms with van der Waals surface area (Å²) < 4.78 is 14.9. The van der Waals surface area contributed by atoms with Gasteiger partial charge in [-0.25, -0.2) is 4.39 Å². The van der Waals surface area contributed by atoms with E-state index in [0.29, 0.717) is 23.6 Å². The second-order valence-electron chi connectivity index (χ2n) is 6.05. The highest BCUT2D eigenvalue weighted by Gasteiger charge is 2.13. The van der Waals surface area contributed by atoms with Gasteiger partial charge in [0.25, 0.3) is 0 Å². The van der Waals surface area contributed by atoms with Crippen LogP contribution in [0.4, 0.5) is 4.39 Å². The van der Waals surface area contributed by atoms with Gasteiger partial charge in [0.1, 0.15) is 6.67 Å².